The van der Waals surface area contributed by atoms with E-state index >= 15 is 0 Å². The average molecular weight is 378 g/mol. The number of carbonyl (C=O) groups is 2. The Kier molecular flexibility index (Phi) is 5.44. The number of amides is 2. The van der Waals surface area contributed by atoms with Crippen LogP contribution >= 0.6 is 0 Å². The standard InChI is InChI=1S/C23H26N2O3/c1-17-7-5-6-10-19(17)16-28-21-13-25(14-21)23(27)15-24-12-20(11-22(24)26)18-8-3-2-4-9-18/h2-10,20-21H,11-16H2,1H3. The molecular weight excluding hydrogens is 352 g/mol. The summed E-state index contributed by atoms with van der Waals surface area (Å²) in [6.07, 6.45) is 0.564. The van der Waals surface area contributed by atoms with E-state index in [4.69, 9.17) is 4.74 Å². The smallest absolute Gasteiger partial charge is 0.242 e. The SMILES string of the molecule is Cc1ccccc1COC1CN(C(=O)CN2CC(c3ccccc3)CC2=O)C1. The Morgan fingerprint density at radius 3 is 2.50 bits per heavy atom. The maximum absolute atomic E-state index is 12.5. The zero-order valence-electron chi connectivity index (χ0n) is 16.2. The molecule has 0 bridgehead atoms. The summed E-state index contributed by atoms with van der Waals surface area (Å²) in [4.78, 5) is 28.3. The van der Waals surface area contributed by atoms with Crippen LogP contribution in [0.25, 0.3) is 0 Å². The number of rotatable bonds is 6. The Balaban J connectivity index is 1.22. The maximum Gasteiger partial charge on any atom is 0.242 e. The highest BCUT2D eigenvalue weighted by atomic mass is 16.5. The van der Waals surface area contributed by atoms with E-state index in [1.807, 2.05) is 30.3 Å². The van der Waals surface area contributed by atoms with Crippen molar-refractivity contribution in [2.24, 2.45) is 0 Å². The van der Waals surface area contributed by atoms with Crippen molar-refractivity contribution < 1.29 is 14.3 Å². The van der Waals surface area contributed by atoms with Gasteiger partial charge < -0.3 is 14.5 Å². The summed E-state index contributed by atoms with van der Waals surface area (Å²) in [5.41, 5.74) is 3.57. The molecule has 5 heteroatoms. The lowest BCUT2D eigenvalue weighted by atomic mass is 9.99. The highest BCUT2D eigenvalue weighted by Gasteiger charge is 2.36. The van der Waals surface area contributed by atoms with Gasteiger partial charge in [-0.25, -0.2) is 0 Å². The highest BCUT2D eigenvalue weighted by Crippen LogP contribution is 2.28. The lowest BCUT2D eigenvalue weighted by Crippen LogP contribution is -2.57. The van der Waals surface area contributed by atoms with Crippen LogP contribution in [-0.2, 0) is 20.9 Å². The minimum Gasteiger partial charge on any atom is -0.370 e. The van der Waals surface area contributed by atoms with Crippen molar-refractivity contribution in [2.75, 3.05) is 26.2 Å². The fraction of sp³-hybridized carbons (Fsp3) is 0.391. The molecule has 0 N–H and O–H groups in total. The van der Waals surface area contributed by atoms with Crippen LogP contribution in [0.2, 0.25) is 0 Å². The van der Waals surface area contributed by atoms with Gasteiger partial charge in [-0.05, 0) is 23.6 Å². The Bertz CT molecular complexity index is 846. The molecule has 2 aliphatic heterocycles. The second kappa shape index (κ2) is 8.15. The van der Waals surface area contributed by atoms with Gasteiger partial charge in [-0.2, -0.15) is 0 Å². The van der Waals surface area contributed by atoms with Crippen LogP contribution in [0.5, 0.6) is 0 Å². The Labute approximate surface area is 165 Å². The van der Waals surface area contributed by atoms with Gasteiger partial charge in [0.15, 0.2) is 0 Å². The van der Waals surface area contributed by atoms with Crippen molar-refractivity contribution in [3.63, 3.8) is 0 Å². The molecule has 4 rings (SSSR count). The third kappa shape index (κ3) is 4.09. The number of hydrogen-bond donors (Lipinski definition) is 0. The third-order valence-corrected chi connectivity index (χ3v) is 5.75. The van der Waals surface area contributed by atoms with Gasteiger partial charge in [0.05, 0.1) is 19.3 Å². The molecule has 146 valence electrons. The van der Waals surface area contributed by atoms with E-state index in [1.54, 1.807) is 9.80 Å². The highest BCUT2D eigenvalue weighted by molar-refractivity contribution is 5.87. The fourth-order valence-electron chi connectivity index (χ4n) is 3.86. The topological polar surface area (TPSA) is 49.9 Å². The molecule has 28 heavy (non-hydrogen) atoms. The zero-order chi connectivity index (χ0) is 19.5. The van der Waals surface area contributed by atoms with Crippen LogP contribution < -0.4 is 0 Å². The van der Waals surface area contributed by atoms with Crippen molar-refractivity contribution >= 4 is 11.8 Å². The van der Waals surface area contributed by atoms with Crippen molar-refractivity contribution in [2.45, 2.75) is 32.0 Å². The van der Waals surface area contributed by atoms with E-state index in [2.05, 4.69) is 31.2 Å². The first kappa shape index (κ1) is 18.7. The molecule has 2 aromatic carbocycles. The van der Waals surface area contributed by atoms with E-state index in [9.17, 15) is 9.59 Å². The molecular formula is C23H26N2O3. The van der Waals surface area contributed by atoms with E-state index in [-0.39, 0.29) is 30.4 Å². The molecule has 2 amide bonds. The van der Waals surface area contributed by atoms with Crippen molar-refractivity contribution in [3.05, 3.63) is 71.3 Å². The second-order valence-corrected chi connectivity index (χ2v) is 7.74. The van der Waals surface area contributed by atoms with Gasteiger partial charge >= 0.3 is 0 Å². The van der Waals surface area contributed by atoms with Gasteiger partial charge in [0.2, 0.25) is 11.8 Å². The molecule has 0 saturated carbocycles. The molecule has 0 radical (unpaired) electrons. The van der Waals surface area contributed by atoms with Crippen molar-refractivity contribution in [1.82, 2.24) is 9.80 Å². The Morgan fingerprint density at radius 2 is 1.75 bits per heavy atom. The summed E-state index contributed by atoms with van der Waals surface area (Å²) >= 11 is 0. The molecule has 2 heterocycles. The maximum atomic E-state index is 12.5. The van der Waals surface area contributed by atoms with Crippen LogP contribution in [0, 0.1) is 6.92 Å². The lowest BCUT2D eigenvalue weighted by molar-refractivity contribution is -0.149. The molecule has 5 nitrogen and oxygen atoms in total. The minimum atomic E-state index is 0.0119. The first-order valence-corrected chi connectivity index (χ1v) is 9.87. The van der Waals surface area contributed by atoms with Crippen LogP contribution in [0.1, 0.15) is 29.0 Å². The number of likely N-dealkylation sites (tertiary alicyclic amines) is 2. The fourth-order valence-corrected chi connectivity index (χ4v) is 3.86. The molecule has 0 aliphatic carbocycles. The van der Waals surface area contributed by atoms with E-state index < -0.39 is 0 Å². The van der Waals surface area contributed by atoms with Crippen LogP contribution in [0.3, 0.4) is 0 Å². The van der Waals surface area contributed by atoms with Gasteiger partial charge in [0.25, 0.3) is 0 Å². The summed E-state index contributed by atoms with van der Waals surface area (Å²) in [6, 6.07) is 18.2. The monoisotopic (exact) mass is 378 g/mol. The van der Waals surface area contributed by atoms with Crippen LogP contribution in [-0.4, -0.2) is 53.9 Å². The Hall–Kier alpha value is -2.66. The summed E-state index contributed by atoms with van der Waals surface area (Å²) in [5, 5.41) is 0. The number of carbonyl (C=O) groups excluding carboxylic acids is 2. The molecule has 1 unspecified atom stereocenters. The summed E-state index contributed by atoms with van der Waals surface area (Å²) in [7, 11) is 0. The molecule has 2 saturated heterocycles. The number of benzene rings is 2. The number of hydrogen-bond acceptors (Lipinski definition) is 3. The normalized spacial score (nSPS) is 19.8. The largest absolute Gasteiger partial charge is 0.370 e. The number of ether oxygens (including phenoxy) is 1. The molecule has 2 fully saturated rings. The molecule has 1 atom stereocenters. The molecule has 2 aromatic rings. The van der Waals surface area contributed by atoms with Gasteiger partial charge in [0, 0.05) is 32.0 Å². The number of aryl methyl sites for hydroxylation is 1. The van der Waals surface area contributed by atoms with E-state index in [0.29, 0.717) is 32.7 Å². The van der Waals surface area contributed by atoms with Gasteiger partial charge in [-0.15, -0.1) is 0 Å². The summed E-state index contributed by atoms with van der Waals surface area (Å²) < 4.78 is 5.92. The van der Waals surface area contributed by atoms with Gasteiger partial charge in [-0.3, -0.25) is 9.59 Å². The van der Waals surface area contributed by atoms with E-state index in [1.165, 1.54) is 16.7 Å². The summed E-state index contributed by atoms with van der Waals surface area (Å²) in [6.45, 7) is 4.65. The first-order valence-electron chi connectivity index (χ1n) is 9.87. The lowest BCUT2D eigenvalue weighted by Gasteiger charge is -2.39. The van der Waals surface area contributed by atoms with Crippen molar-refractivity contribution in [3.8, 4) is 0 Å². The predicted molar refractivity (Wildman–Crippen MR) is 107 cm³/mol. The predicted octanol–water partition coefficient (Wildman–Crippen LogP) is 2.74. The third-order valence-electron chi connectivity index (χ3n) is 5.75. The first-order chi connectivity index (χ1) is 13.6. The number of nitrogens with zero attached hydrogens (tertiary/aromatic N) is 2. The van der Waals surface area contributed by atoms with Gasteiger partial charge in [-0.1, -0.05) is 54.6 Å². The average Bonchev–Trinajstić information content (AvgIpc) is 3.03. The molecule has 0 aromatic heterocycles. The zero-order valence-corrected chi connectivity index (χ0v) is 16.2. The van der Waals surface area contributed by atoms with Crippen molar-refractivity contribution in [1.29, 1.82) is 0 Å². The minimum absolute atomic E-state index is 0.0119. The molecule has 0 spiro atoms. The van der Waals surface area contributed by atoms with Crippen LogP contribution in [0.4, 0.5) is 0 Å². The molecule has 2 aliphatic rings. The van der Waals surface area contributed by atoms with Crippen LogP contribution in [0.15, 0.2) is 54.6 Å². The summed E-state index contributed by atoms with van der Waals surface area (Å²) in [5.74, 6) is 0.260. The van der Waals surface area contributed by atoms with Gasteiger partial charge in [0.1, 0.15) is 0 Å². The second-order valence-electron chi connectivity index (χ2n) is 7.74. The van der Waals surface area contributed by atoms with E-state index in [0.717, 1.165) is 0 Å². The quantitative estimate of drug-likeness (QED) is 0.777. The Morgan fingerprint density at radius 1 is 1.04 bits per heavy atom.